The van der Waals surface area contributed by atoms with Crippen molar-refractivity contribution in [2.45, 2.75) is 76.9 Å². The third kappa shape index (κ3) is 3.44. The Morgan fingerprint density at radius 2 is 1.94 bits per heavy atom. The summed E-state index contributed by atoms with van der Waals surface area (Å²) in [5, 5.41) is 18.8. The van der Waals surface area contributed by atoms with Crippen LogP contribution in [0.5, 0.6) is 0 Å². The number of halogens is 2. The minimum atomic E-state index is -1.10. The van der Waals surface area contributed by atoms with Crippen molar-refractivity contribution in [2.75, 3.05) is 6.67 Å². The lowest BCUT2D eigenvalue weighted by Gasteiger charge is -2.56. The molecule has 8 unspecified atom stereocenters. The first kappa shape index (κ1) is 22.6. The van der Waals surface area contributed by atoms with Gasteiger partial charge in [-0.25, -0.2) is 13.5 Å². The normalized spacial score (nSPS) is 41.6. The lowest BCUT2D eigenvalue weighted by Crippen LogP contribution is -2.52. The molecule has 4 saturated carbocycles. The molecule has 4 fully saturated rings. The van der Waals surface area contributed by atoms with Gasteiger partial charge in [-0.3, -0.25) is 4.79 Å². The highest BCUT2D eigenvalue weighted by molar-refractivity contribution is 5.84. The number of hydrogen-bond donors (Lipinski definition) is 1. The van der Waals surface area contributed by atoms with Gasteiger partial charge in [0.05, 0.1) is 11.1 Å². The number of hydrogen-bond acceptors (Lipinski definition) is 4. The molecule has 1 aromatic heterocycles. The standard InChI is InChI=1S/C27H35F2N3O2/c1-26-10-8-19-18-9-11-27(34,15-28)13-16(18)2-4-20(19)21(26)5-6-22(26)25(33)14-32-24-12-17(29)3-7-23(24)30-31-32/h3,7,12,16,18-22,34H,2,4-6,8-11,13-15H2,1H3. The number of benzene rings is 1. The van der Waals surface area contributed by atoms with E-state index in [-0.39, 0.29) is 29.5 Å². The van der Waals surface area contributed by atoms with Gasteiger partial charge in [-0.05, 0) is 105 Å². The molecule has 0 spiro atoms. The van der Waals surface area contributed by atoms with E-state index in [4.69, 9.17) is 0 Å². The molecule has 6 rings (SSSR count). The monoisotopic (exact) mass is 471 g/mol. The second kappa shape index (κ2) is 8.07. The Bertz CT molecular complexity index is 1100. The summed E-state index contributed by atoms with van der Waals surface area (Å²) >= 11 is 0. The van der Waals surface area contributed by atoms with Crippen molar-refractivity contribution in [3.8, 4) is 0 Å². The molecule has 4 aliphatic rings. The molecule has 1 heterocycles. The molecule has 1 aromatic carbocycles. The van der Waals surface area contributed by atoms with Gasteiger partial charge < -0.3 is 5.11 Å². The first-order valence-electron chi connectivity index (χ1n) is 13.1. The zero-order valence-electron chi connectivity index (χ0n) is 19.9. The summed E-state index contributed by atoms with van der Waals surface area (Å²) in [6.07, 6.45) is 8.56. The summed E-state index contributed by atoms with van der Waals surface area (Å²) in [5.74, 6) is 2.73. The van der Waals surface area contributed by atoms with E-state index in [1.165, 1.54) is 12.1 Å². The highest BCUT2D eigenvalue weighted by Crippen LogP contribution is 2.64. The van der Waals surface area contributed by atoms with Crippen molar-refractivity contribution in [3.63, 3.8) is 0 Å². The highest BCUT2D eigenvalue weighted by atomic mass is 19.1. The van der Waals surface area contributed by atoms with E-state index in [0.717, 1.165) is 44.9 Å². The maximum Gasteiger partial charge on any atom is 0.157 e. The molecule has 0 aliphatic heterocycles. The predicted octanol–water partition coefficient (Wildman–Crippen LogP) is 5.11. The van der Waals surface area contributed by atoms with Crippen LogP contribution in [0, 0.1) is 46.7 Å². The summed E-state index contributed by atoms with van der Waals surface area (Å²) in [5.41, 5.74) is 0.0760. The molecule has 8 atom stereocenters. The fraction of sp³-hybridized carbons (Fsp3) is 0.741. The first-order valence-corrected chi connectivity index (χ1v) is 13.1. The predicted molar refractivity (Wildman–Crippen MR) is 124 cm³/mol. The van der Waals surface area contributed by atoms with Crippen molar-refractivity contribution in [1.29, 1.82) is 0 Å². The molecule has 34 heavy (non-hydrogen) atoms. The summed E-state index contributed by atoms with van der Waals surface area (Å²) in [6.45, 7) is 1.85. The van der Waals surface area contributed by atoms with Crippen molar-refractivity contribution in [1.82, 2.24) is 15.0 Å². The van der Waals surface area contributed by atoms with E-state index < -0.39 is 12.3 Å². The maximum absolute atomic E-state index is 13.8. The summed E-state index contributed by atoms with van der Waals surface area (Å²) in [6, 6.07) is 4.37. The fourth-order valence-electron chi connectivity index (χ4n) is 8.93. The second-order valence-corrected chi connectivity index (χ2v) is 12.1. The summed E-state index contributed by atoms with van der Waals surface area (Å²) in [4.78, 5) is 13.5. The number of aromatic nitrogens is 3. The van der Waals surface area contributed by atoms with Crippen molar-refractivity contribution in [3.05, 3.63) is 24.0 Å². The smallest absolute Gasteiger partial charge is 0.157 e. The van der Waals surface area contributed by atoms with Gasteiger partial charge in [-0.15, -0.1) is 5.10 Å². The zero-order chi connectivity index (χ0) is 23.7. The molecular formula is C27H35F2N3O2. The van der Waals surface area contributed by atoms with Gasteiger partial charge in [0.25, 0.3) is 0 Å². The molecule has 184 valence electrons. The average molecular weight is 472 g/mol. The molecule has 0 radical (unpaired) electrons. The third-order valence-corrected chi connectivity index (χ3v) is 10.5. The Kier molecular flexibility index (Phi) is 5.36. The van der Waals surface area contributed by atoms with Gasteiger partial charge in [0.15, 0.2) is 5.78 Å². The number of Topliss-reactive ketones (excluding diaryl/α,β-unsaturated/α-hetero) is 1. The maximum atomic E-state index is 13.8. The lowest BCUT2D eigenvalue weighted by atomic mass is 9.49. The van der Waals surface area contributed by atoms with E-state index in [1.807, 2.05) is 0 Å². The molecule has 4 aliphatic carbocycles. The fourth-order valence-corrected chi connectivity index (χ4v) is 8.93. The SMILES string of the molecule is CC12CCC3C4CCC(O)(CF)CC4CCC3C1CCC2C(=O)Cn1nnc2ccc(F)cc21. The molecule has 0 amide bonds. The Labute approximate surface area is 199 Å². The van der Waals surface area contributed by atoms with Crippen molar-refractivity contribution < 1.29 is 18.7 Å². The van der Waals surface area contributed by atoms with Gasteiger partial charge in [0.1, 0.15) is 24.6 Å². The van der Waals surface area contributed by atoms with Crippen LogP contribution in [0.25, 0.3) is 11.0 Å². The van der Waals surface area contributed by atoms with E-state index in [9.17, 15) is 18.7 Å². The third-order valence-electron chi connectivity index (χ3n) is 10.5. The Morgan fingerprint density at radius 1 is 1.12 bits per heavy atom. The van der Waals surface area contributed by atoms with E-state index >= 15 is 0 Å². The molecule has 2 aromatic rings. The number of carbonyl (C=O) groups excluding carboxylic acids is 1. The van der Waals surface area contributed by atoms with Gasteiger partial charge in [-0.1, -0.05) is 12.1 Å². The second-order valence-electron chi connectivity index (χ2n) is 12.1. The highest BCUT2D eigenvalue weighted by Gasteiger charge is 2.59. The Hall–Kier alpha value is -1.89. The van der Waals surface area contributed by atoms with Gasteiger partial charge in [0.2, 0.25) is 0 Å². The minimum Gasteiger partial charge on any atom is -0.387 e. The van der Waals surface area contributed by atoms with Crippen LogP contribution in [-0.2, 0) is 11.3 Å². The van der Waals surface area contributed by atoms with Gasteiger partial charge in [0, 0.05) is 12.0 Å². The quantitative estimate of drug-likeness (QED) is 0.673. The first-order chi connectivity index (χ1) is 16.3. The summed E-state index contributed by atoms with van der Waals surface area (Å²) in [7, 11) is 0. The number of alkyl halides is 1. The van der Waals surface area contributed by atoms with Crippen LogP contribution in [0.2, 0.25) is 0 Å². The number of nitrogens with zero attached hydrogens (tertiary/aromatic N) is 3. The molecule has 5 nitrogen and oxygen atoms in total. The topological polar surface area (TPSA) is 68.0 Å². The molecule has 1 N–H and O–H groups in total. The van der Waals surface area contributed by atoms with Gasteiger partial charge >= 0.3 is 0 Å². The number of fused-ring (bicyclic) bond motifs is 6. The molecule has 7 heteroatoms. The molecule has 0 saturated heterocycles. The van der Waals surface area contributed by atoms with Crippen LogP contribution in [0.3, 0.4) is 0 Å². The van der Waals surface area contributed by atoms with Crippen molar-refractivity contribution in [2.24, 2.45) is 40.9 Å². The number of ketones is 1. The lowest BCUT2D eigenvalue weighted by molar-refractivity contribution is -0.134. The van der Waals surface area contributed by atoms with Crippen LogP contribution in [0.1, 0.15) is 64.7 Å². The molecule has 0 bridgehead atoms. The van der Waals surface area contributed by atoms with Crippen molar-refractivity contribution >= 4 is 16.8 Å². The van der Waals surface area contributed by atoms with Crippen LogP contribution < -0.4 is 0 Å². The minimum absolute atomic E-state index is 0.00106. The summed E-state index contributed by atoms with van der Waals surface area (Å²) < 4.78 is 28.8. The Morgan fingerprint density at radius 3 is 2.76 bits per heavy atom. The van der Waals surface area contributed by atoms with Gasteiger partial charge in [-0.2, -0.15) is 0 Å². The average Bonchev–Trinajstić information content (AvgIpc) is 3.39. The van der Waals surface area contributed by atoms with E-state index in [1.54, 1.807) is 10.7 Å². The van der Waals surface area contributed by atoms with Crippen LogP contribution in [-0.4, -0.2) is 38.2 Å². The zero-order valence-corrected chi connectivity index (χ0v) is 19.9. The van der Waals surface area contributed by atoms with E-state index in [0.29, 0.717) is 53.5 Å². The van der Waals surface area contributed by atoms with Crippen LogP contribution >= 0.6 is 0 Å². The molecular weight excluding hydrogens is 436 g/mol. The number of aliphatic hydroxyl groups is 1. The number of rotatable bonds is 4. The largest absolute Gasteiger partial charge is 0.387 e. The van der Waals surface area contributed by atoms with Crippen LogP contribution in [0.15, 0.2) is 18.2 Å². The Balaban J connectivity index is 1.19. The van der Waals surface area contributed by atoms with Crippen LogP contribution in [0.4, 0.5) is 8.78 Å². The number of carbonyl (C=O) groups is 1. The van der Waals surface area contributed by atoms with E-state index in [2.05, 4.69) is 17.2 Å².